The Balaban J connectivity index is 2.66. The Morgan fingerprint density at radius 2 is 2.07 bits per heavy atom. The van der Waals surface area contributed by atoms with Gasteiger partial charge in [-0.25, -0.2) is 4.98 Å². The summed E-state index contributed by atoms with van der Waals surface area (Å²) in [7, 11) is 0. The van der Waals surface area contributed by atoms with Gasteiger partial charge >= 0.3 is 0 Å². The fourth-order valence-electron chi connectivity index (χ4n) is 1.77. The normalized spacial score (nSPS) is 11.1. The Kier molecular flexibility index (Phi) is 1.31. The Morgan fingerprint density at radius 1 is 1.21 bits per heavy atom. The monoisotopic (exact) mass is 183 g/mol. The second-order valence-electron chi connectivity index (χ2n) is 3.28. The molecule has 0 unspecified atom stereocenters. The maximum Gasteiger partial charge on any atom is 0.146 e. The Bertz CT molecular complexity index is 610. The smallest absolute Gasteiger partial charge is 0.146 e. The van der Waals surface area contributed by atoms with Crippen LogP contribution in [0.15, 0.2) is 42.7 Å². The second-order valence-corrected chi connectivity index (χ2v) is 3.28. The van der Waals surface area contributed by atoms with E-state index in [9.17, 15) is 0 Å². The van der Waals surface area contributed by atoms with E-state index >= 15 is 0 Å². The molecule has 0 saturated carbocycles. The van der Waals surface area contributed by atoms with Gasteiger partial charge in [-0.1, -0.05) is 24.3 Å². The molecule has 3 nitrogen and oxygen atoms in total. The van der Waals surface area contributed by atoms with Crippen LogP contribution in [-0.2, 0) is 0 Å². The largest absolute Gasteiger partial charge is 0.385 e. The maximum atomic E-state index is 5.89. The van der Waals surface area contributed by atoms with E-state index in [2.05, 4.69) is 11.1 Å². The molecule has 0 bridgehead atoms. The number of nitrogen functional groups attached to an aromatic ring is 1. The number of pyridine rings is 1. The van der Waals surface area contributed by atoms with Gasteiger partial charge in [-0.15, -0.1) is 0 Å². The third kappa shape index (κ3) is 0.836. The molecule has 3 aromatic rings. The van der Waals surface area contributed by atoms with Gasteiger partial charge < -0.3 is 5.73 Å². The van der Waals surface area contributed by atoms with E-state index in [4.69, 9.17) is 5.73 Å². The Morgan fingerprint density at radius 3 is 3.00 bits per heavy atom. The van der Waals surface area contributed by atoms with E-state index < -0.39 is 0 Å². The maximum absolute atomic E-state index is 5.89. The summed E-state index contributed by atoms with van der Waals surface area (Å²) in [5.41, 5.74) is 6.81. The third-order valence-electron chi connectivity index (χ3n) is 2.42. The fraction of sp³-hybridized carbons (Fsp3) is 0. The number of anilines is 1. The lowest BCUT2D eigenvalue weighted by molar-refractivity contribution is 1.22. The molecule has 0 fully saturated rings. The predicted molar refractivity (Wildman–Crippen MR) is 57.1 cm³/mol. The Labute approximate surface area is 80.8 Å². The molecule has 0 aliphatic rings. The molecule has 68 valence electrons. The first-order chi connectivity index (χ1) is 6.86. The first-order valence-electron chi connectivity index (χ1n) is 4.46. The van der Waals surface area contributed by atoms with Gasteiger partial charge in [0.2, 0.25) is 0 Å². The van der Waals surface area contributed by atoms with Crippen LogP contribution in [0.3, 0.4) is 0 Å². The SMILES string of the molecule is Nc1cc2ccccc2c2nccn12. The lowest BCUT2D eigenvalue weighted by Gasteiger charge is -2.03. The molecule has 0 radical (unpaired) electrons. The van der Waals surface area contributed by atoms with E-state index in [1.165, 1.54) is 0 Å². The van der Waals surface area contributed by atoms with Crippen molar-refractivity contribution >= 4 is 22.2 Å². The quantitative estimate of drug-likeness (QED) is 0.579. The van der Waals surface area contributed by atoms with Crippen molar-refractivity contribution in [2.24, 2.45) is 0 Å². The van der Waals surface area contributed by atoms with Crippen molar-refractivity contribution < 1.29 is 0 Å². The molecule has 1 aromatic carbocycles. The van der Waals surface area contributed by atoms with Gasteiger partial charge in [0.15, 0.2) is 0 Å². The van der Waals surface area contributed by atoms with E-state index in [-0.39, 0.29) is 0 Å². The zero-order valence-corrected chi connectivity index (χ0v) is 7.51. The molecular formula is C11H9N3. The molecule has 0 atom stereocenters. The summed E-state index contributed by atoms with van der Waals surface area (Å²) in [6, 6.07) is 10.1. The number of nitrogens with zero attached hydrogens (tertiary/aromatic N) is 2. The standard InChI is InChI=1S/C11H9N3/c12-10-7-8-3-1-2-4-9(8)11-13-5-6-14(10)11/h1-7H,12H2. The summed E-state index contributed by atoms with van der Waals surface area (Å²) < 4.78 is 1.89. The van der Waals surface area contributed by atoms with Crippen LogP contribution in [0.25, 0.3) is 16.4 Å². The molecule has 14 heavy (non-hydrogen) atoms. The van der Waals surface area contributed by atoms with Crippen LogP contribution in [0.2, 0.25) is 0 Å². The van der Waals surface area contributed by atoms with Gasteiger partial charge in [-0.2, -0.15) is 0 Å². The molecule has 2 N–H and O–H groups in total. The minimum absolute atomic E-state index is 0.719. The molecule has 2 aromatic heterocycles. The number of hydrogen-bond donors (Lipinski definition) is 1. The topological polar surface area (TPSA) is 43.3 Å². The molecule has 0 aliphatic carbocycles. The number of fused-ring (bicyclic) bond motifs is 3. The highest BCUT2D eigenvalue weighted by Gasteiger charge is 2.03. The van der Waals surface area contributed by atoms with Crippen molar-refractivity contribution in [2.75, 3.05) is 5.73 Å². The van der Waals surface area contributed by atoms with E-state index in [0.29, 0.717) is 0 Å². The van der Waals surface area contributed by atoms with Crippen LogP contribution in [-0.4, -0.2) is 9.38 Å². The van der Waals surface area contributed by atoms with Crippen molar-refractivity contribution in [1.82, 2.24) is 9.38 Å². The summed E-state index contributed by atoms with van der Waals surface area (Å²) in [6.45, 7) is 0. The van der Waals surface area contributed by atoms with Crippen molar-refractivity contribution in [1.29, 1.82) is 0 Å². The highest BCUT2D eigenvalue weighted by atomic mass is 15.0. The summed E-state index contributed by atoms with van der Waals surface area (Å²) >= 11 is 0. The van der Waals surface area contributed by atoms with Gasteiger partial charge in [0.05, 0.1) is 0 Å². The van der Waals surface area contributed by atoms with Crippen LogP contribution in [0.1, 0.15) is 0 Å². The summed E-state index contributed by atoms with van der Waals surface area (Å²) in [5, 5.41) is 2.26. The molecule has 0 aliphatic heterocycles. The molecule has 3 rings (SSSR count). The molecular weight excluding hydrogens is 174 g/mol. The Hall–Kier alpha value is -2.03. The van der Waals surface area contributed by atoms with Gasteiger partial charge in [0, 0.05) is 17.8 Å². The third-order valence-corrected chi connectivity index (χ3v) is 2.42. The van der Waals surface area contributed by atoms with Crippen molar-refractivity contribution in [2.45, 2.75) is 0 Å². The van der Waals surface area contributed by atoms with Crippen molar-refractivity contribution in [3.05, 3.63) is 42.7 Å². The molecule has 0 spiro atoms. The number of hydrogen-bond acceptors (Lipinski definition) is 2. The predicted octanol–water partition coefficient (Wildman–Crippen LogP) is 2.07. The molecule has 2 heterocycles. The number of rotatable bonds is 0. The van der Waals surface area contributed by atoms with Gasteiger partial charge in [-0.05, 0) is 11.5 Å². The first-order valence-corrected chi connectivity index (χ1v) is 4.46. The highest BCUT2D eigenvalue weighted by molar-refractivity contribution is 5.95. The van der Waals surface area contributed by atoms with Crippen molar-refractivity contribution in [3.8, 4) is 0 Å². The summed E-state index contributed by atoms with van der Waals surface area (Å²) in [5.74, 6) is 0.719. The average Bonchev–Trinajstić information content (AvgIpc) is 2.67. The van der Waals surface area contributed by atoms with E-state index in [1.807, 2.05) is 34.9 Å². The average molecular weight is 183 g/mol. The molecule has 0 saturated heterocycles. The van der Waals surface area contributed by atoms with Crippen LogP contribution in [0, 0.1) is 0 Å². The molecule has 0 amide bonds. The number of benzene rings is 1. The fourth-order valence-corrected chi connectivity index (χ4v) is 1.77. The second kappa shape index (κ2) is 2.48. The molecule has 3 heteroatoms. The van der Waals surface area contributed by atoms with Crippen LogP contribution >= 0.6 is 0 Å². The number of nitrogens with two attached hydrogens (primary N) is 1. The number of aromatic nitrogens is 2. The first kappa shape index (κ1) is 7.38. The summed E-state index contributed by atoms with van der Waals surface area (Å²) in [4.78, 5) is 4.29. The van der Waals surface area contributed by atoms with Crippen LogP contribution in [0.5, 0.6) is 0 Å². The lowest BCUT2D eigenvalue weighted by atomic mass is 10.1. The van der Waals surface area contributed by atoms with Gasteiger partial charge in [-0.3, -0.25) is 4.40 Å². The minimum Gasteiger partial charge on any atom is -0.385 e. The van der Waals surface area contributed by atoms with Crippen molar-refractivity contribution in [3.63, 3.8) is 0 Å². The zero-order chi connectivity index (χ0) is 9.54. The lowest BCUT2D eigenvalue weighted by Crippen LogP contribution is -1.95. The number of imidazole rings is 1. The zero-order valence-electron chi connectivity index (χ0n) is 7.51. The van der Waals surface area contributed by atoms with Gasteiger partial charge in [0.25, 0.3) is 0 Å². The van der Waals surface area contributed by atoms with E-state index in [0.717, 1.165) is 22.2 Å². The van der Waals surface area contributed by atoms with E-state index in [1.54, 1.807) is 6.20 Å². The minimum atomic E-state index is 0.719. The van der Waals surface area contributed by atoms with Crippen LogP contribution in [0.4, 0.5) is 5.82 Å². The highest BCUT2D eigenvalue weighted by Crippen LogP contribution is 2.21. The summed E-state index contributed by atoms with van der Waals surface area (Å²) in [6.07, 6.45) is 3.63. The van der Waals surface area contributed by atoms with Crippen LogP contribution < -0.4 is 5.73 Å². The van der Waals surface area contributed by atoms with Gasteiger partial charge in [0.1, 0.15) is 11.5 Å².